The molecule has 3 aromatic rings. The Morgan fingerprint density at radius 2 is 1.64 bits per heavy atom. The van der Waals surface area contributed by atoms with E-state index in [0.29, 0.717) is 27.7 Å². The van der Waals surface area contributed by atoms with E-state index in [9.17, 15) is 9.59 Å². The number of carbonyl (C=O) groups excluding carboxylic acids is 1. The second kappa shape index (κ2) is 4.31. The lowest BCUT2D eigenvalue weighted by molar-refractivity contribution is 0.0973. The molecule has 0 saturated carbocycles. The Bertz CT molecular complexity index is 1080. The average molecular weight is 288 g/mol. The van der Waals surface area contributed by atoms with Crippen molar-refractivity contribution in [2.45, 2.75) is 0 Å². The minimum absolute atomic E-state index is 0.0421. The summed E-state index contributed by atoms with van der Waals surface area (Å²) in [6.07, 6.45) is 0. The molecule has 0 fully saturated rings. The van der Waals surface area contributed by atoms with Crippen LogP contribution in [0.3, 0.4) is 0 Å². The van der Waals surface area contributed by atoms with Crippen LogP contribution in [0.25, 0.3) is 32.6 Å². The molecule has 2 heterocycles. The van der Waals surface area contributed by atoms with Gasteiger partial charge in [0.25, 0.3) is 5.91 Å². The fraction of sp³-hybridized carbons (Fsp3) is 0. The summed E-state index contributed by atoms with van der Waals surface area (Å²) < 4.78 is 1.45. The molecule has 0 N–H and O–H groups in total. The van der Waals surface area contributed by atoms with Crippen LogP contribution in [0.1, 0.15) is 10.4 Å². The van der Waals surface area contributed by atoms with Gasteiger partial charge in [-0.05, 0) is 23.7 Å². The maximum Gasteiger partial charge on any atom is 0.263 e. The van der Waals surface area contributed by atoms with E-state index in [2.05, 4.69) is 10.0 Å². The molecule has 4 rings (SSSR count). The van der Waals surface area contributed by atoms with Crippen molar-refractivity contribution in [3.05, 3.63) is 74.8 Å². The van der Waals surface area contributed by atoms with E-state index in [1.54, 1.807) is 48.5 Å². The Hall–Kier alpha value is -3.37. The van der Waals surface area contributed by atoms with Crippen LogP contribution in [0.5, 0.6) is 0 Å². The van der Waals surface area contributed by atoms with Gasteiger partial charge in [0.15, 0.2) is 5.43 Å². The molecule has 0 bridgehead atoms. The maximum absolute atomic E-state index is 12.7. The molecule has 0 atom stereocenters. The molecule has 1 aromatic heterocycles. The largest absolute Gasteiger partial charge is 0.289 e. The molecule has 2 aromatic carbocycles. The Labute approximate surface area is 123 Å². The number of fused-ring (bicyclic) bond motifs is 5. The van der Waals surface area contributed by atoms with Gasteiger partial charge in [-0.1, -0.05) is 35.4 Å². The van der Waals surface area contributed by atoms with Crippen molar-refractivity contribution in [1.82, 2.24) is 4.57 Å². The lowest BCUT2D eigenvalue weighted by Crippen LogP contribution is -2.14. The van der Waals surface area contributed by atoms with Gasteiger partial charge in [-0.3, -0.25) is 14.2 Å². The van der Waals surface area contributed by atoms with Crippen LogP contribution in [0.15, 0.2) is 58.4 Å². The number of benzene rings is 2. The summed E-state index contributed by atoms with van der Waals surface area (Å²) in [4.78, 5) is 28.1. The number of azide groups is 1. The summed E-state index contributed by atoms with van der Waals surface area (Å²) >= 11 is 0. The quantitative estimate of drug-likeness (QED) is 0.304. The highest BCUT2D eigenvalue weighted by molar-refractivity contribution is 6.14. The first-order valence-corrected chi connectivity index (χ1v) is 6.61. The maximum atomic E-state index is 12.7. The molecular formula is C16H8N4O2. The summed E-state index contributed by atoms with van der Waals surface area (Å²) in [5, 5.41) is 3.91. The number of pyridine rings is 1. The van der Waals surface area contributed by atoms with Crippen molar-refractivity contribution >= 4 is 22.5 Å². The van der Waals surface area contributed by atoms with Crippen LogP contribution in [0.2, 0.25) is 0 Å². The number of hydrogen-bond donors (Lipinski definition) is 0. The van der Waals surface area contributed by atoms with Crippen molar-refractivity contribution in [1.29, 1.82) is 0 Å². The van der Waals surface area contributed by atoms with Crippen LogP contribution in [-0.4, -0.2) is 10.5 Å². The summed E-state index contributed by atoms with van der Waals surface area (Å²) in [6.45, 7) is 0. The Kier molecular flexibility index (Phi) is 2.43. The molecule has 22 heavy (non-hydrogen) atoms. The summed E-state index contributed by atoms with van der Waals surface area (Å²) in [7, 11) is 0. The third-order valence-electron chi connectivity index (χ3n) is 3.81. The summed E-state index contributed by atoms with van der Waals surface area (Å²) in [5.41, 5.74) is 10.4. The van der Waals surface area contributed by atoms with Crippen LogP contribution in [0.4, 0.5) is 5.69 Å². The van der Waals surface area contributed by atoms with Crippen LogP contribution >= 0.6 is 0 Å². The standard InChI is InChI=1S/C16H8N4O2/c17-19-18-13-14-9-5-1-2-6-10(9)16(22)20(14)12-8-4-3-7-11(12)15(13)21/h1-8H. The molecule has 0 unspecified atom stereocenters. The van der Waals surface area contributed by atoms with Crippen LogP contribution < -0.4 is 5.43 Å². The van der Waals surface area contributed by atoms with Crippen LogP contribution in [0, 0.1) is 0 Å². The van der Waals surface area contributed by atoms with Gasteiger partial charge >= 0.3 is 0 Å². The number of rotatable bonds is 1. The fourth-order valence-electron chi connectivity index (χ4n) is 2.92. The predicted molar refractivity (Wildman–Crippen MR) is 82.2 cm³/mol. The SMILES string of the molecule is [N-]=[N+]=Nc1c2n(c3ccccc3c1=O)C(=O)c1ccccc1-2. The Morgan fingerprint density at radius 1 is 0.955 bits per heavy atom. The van der Waals surface area contributed by atoms with Gasteiger partial charge in [-0.25, -0.2) is 0 Å². The predicted octanol–water partition coefficient (Wildman–Crippen LogP) is 3.61. The minimum Gasteiger partial charge on any atom is -0.289 e. The molecule has 104 valence electrons. The summed E-state index contributed by atoms with van der Waals surface area (Å²) in [6, 6.07) is 13.8. The van der Waals surface area contributed by atoms with Gasteiger partial charge in [-0.2, -0.15) is 0 Å². The van der Waals surface area contributed by atoms with Crippen molar-refractivity contribution in [2.75, 3.05) is 0 Å². The molecule has 1 aliphatic heterocycles. The van der Waals surface area contributed by atoms with Gasteiger partial charge in [0.2, 0.25) is 0 Å². The highest BCUT2D eigenvalue weighted by Gasteiger charge is 2.30. The normalized spacial score (nSPS) is 11.9. The molecule has 0 aliphatic carbocycles. The van der Waals surface area contributed by atoms with Gasteiger partial charge in [0.05, 0.1) is 11.2 Å². The number of aromatic nitrogens is 1. The zero-order chi connectivity index (χ0) is 15.3. The first-order valence-electron chi connectivity index (χ1n) is 6.61. The Balaban J connectivity index is 2.32. The third kappa shape index (κ3) is 1.41. The van der Waals surface area contributed by atoms with Crippen molar-refractivity contribution in [3.63, 3.8) is 0 Å². The second-order valence-electron chi connectivity index (χ2n) is 4.92. The van der Waals surface area contributed by atoms with E-state index in [-0.39, 0.29) is 17.0 Å². The third-order valence-corrected chi connectivity index (χ3v) is 3.81. The topological polar surface area (TPSA) is 87.8 Å². The van der Waals surface area contributed by atoms with E-state index >= 15 is 0 Å². The molecule has 1 aliphatic rings. The first-order chi connectivity index (χ1) is 10.7. The molecule has 0 saturated heterocycles. The molecule has 6 heteroatoms. The minimum atomic E-state index is -0.371. The molecule has 0 amide bonds. The lowest BCUT2D eigenvalue weighted by atomic mass is 10.1. The molecule has 6 nitrogen and oxygen atoms in total. The average Bonchev–Trinajstić information content (AvgIpc) is 2.85. The zero-order valence-corrected chi connectivity index (χ0v) is 11.2. The molecule has 0 spiro atoms. The van der Waals surface area contributed by atoms with E-state index in [0.717, 1.165) is 0 Å². The smallest absolute Gasteiger partial charge is 0.263 e. The van der Waals surface area contributed by atoms with Crippen LogP contribution in [-0.2, 0) is 0 Å². The van der Waals surface area contributed by atoms with Gasteiger partial charge in [-0.15, -0.1) is 0 Å². The first kappa shape index (κ1) is 12.4. The van der Waals surface area contributed by atoms with Crippen molar-refractivity contribution in [2.24, 2.45) is 5.11 Å². The number of nitrogens with zero attached hydrogens (tertiary/aromatic N) is 4. The van der Waals surface area contributed by atoms with Crippen molar-refractivity contribution < 1.29 is 4.79 Å². The number of para-hydroxylation sites is 1. The fourth-order valence-corrected chi connectivity index (χ4v) is 2.92. The van der Waals surface area contributed by atoms with Gasteiger partial charge in [0, 0.05) is 21.4 Å². The lowest BCUT2D eigenvalue weighted by Gasteiger charge is -2.10. The van der Waals surface area contributed by atoms with Crippen molar-refractivity contribution in [3.8, 4) is 11.3 Å². The van der Waals surface area contributed by atoms with Gasteiger partial charge in [0.1, 0.15) is 5.69 Å². The molecule has 0 radical (unpaired) electrons. The monoisotopic (exact) mass is 288 g/mol. The molecular weight excluding hydrogens is 280 g/mol. The Morgan fingerprint density at radius 3 is 2.41 bits per heavy atom. The highest BCUT2D eigenvalue weighted by Crippen LogP contribution is 2.39. The second-order valence-corrected chi connectivity index (χ2v) is 4.92. The van der Waals surface area contributed by atoms with E-state index in [4.69, 9.17) is 5.53 Å². The summed E-state index contributed by atoms with van der Waals surface area (Å²) in [5.74, 6) is -0.226. The van der Waals surface area contributed by atoms with E-state index < -0.39 is 0 Å². The van der Waals surface area contributed by atoms with E-state index in [1.807, 2.05) is 0 Å². The zero-order valence-electron chi connectivity index (χ0n) is 11.2. The highest BCUT2D eigenvalue weighted by atomic mass is 16.2. The van der Waals surface area contributed by atoms with E-state index in [1.165, 1.54) is 4.57 Å². The van der Waals surface area contributed by atoms with Gasteiger partial charge < -0.3 is 0 Å². The number of hydrogen-bond acceptors (Lipinski definition) is 3. The number of carbonyl (C=O) groups is 1.